The molecule has 1 aliphatic rings. The van der Waals surface area contributed by atoms with E-state index in [0.717, 1.165) is 26.2 Å². The molecule has 1 aromatic carbocycles. The highest BCUT2D eigenvalue weighted by atomic mass is 35.5. The van der Waals surface area contributed by atoms with Crippen LogP contribution in [0.3, 0.4) is 0 Å². The monoisotopic (exact) mass is 252 g/mol. The van der Waals surface area contributed by atoms with Crippen LogP contribution in [-0.2, 0) is 5.88 Å². The van der Waals surface area contributed by atoms with Gasteiger partial charge in [-0.25, -0.2) is 0 Å². The Hall–Kier alpha value is -0.730. The van der Waals surface area contributed by atoms with Gasteiger partial charge in [-0.05, 0) is 25.5 Å². The smallest absolute Gasteiger partial charge is 0.0494 e. The first-order chi connectivity index (χ1) is 8.22. The lowest BCUT2D eigenvalue weighted by molar-refractivity contribution is 0.209. The molecule has 1 aliphatic heterocycles. The minimum Gasteiger partial charge on any atom is -0.369 e. The standard InChI is InChI=1S/C14H21ClN2/c1-12(2)16-7-9-17(10-8-16)14-6-4-3-5-13(14)11-15/h3-6,12H,7-11H2,1-2H3. The normalized spacial score (nSPS) is 17.8. The molecule has 1 aromatic rings. The average molecular weight is 253 g/mol. The Balaban J connectivity index is 2.05. The summed E-state index contributed by atoms with van der Waals surface area (Å²) in [5, 5.41) is 0. The van der Waals surface area contributed by atoms with Gasteiger partial charge in [-0.1, -0.05) is 18.2 Å². The summed E-state index contributed by atoms with van der Waals surface area (Å²) in [6, 6.07) is 9.12. The number of benzene rings is 1. The van der Waals surface area contributed by atoms with Gasteiger partial charge in [0.05, 0.1) is 0 Å². The topological polar surface area (TPSA) is 6.48 Å². The van der Waals surface area contributed by atoms with E-state index in [-0.39, 0.29) is 0 Å². The third kappa shape index (κ3) is 2.93. The maximum atomic E-state index is 5.99. The highest BCUT2D eigenvalue weighted by Crippen LogP contribution is 2.23. The molecule has 0 bridgehead atoms. The van der Waals surface area contributed by atoms with Gasteiger partial charge >= 0.3 is 0 Å². The molecule has 1 saturated heterocycles. The molecule has 0 N–H and O–H groups in total. The number of para-hydroxylation sites is 1. The second-order valence-corrected chi connectivity index (χ2v) is 5.15. The Bertz CT molecular complexity index is 357. The van der Waals surface area contributed by atoms with Crippen LogP contribution < -0.4 is 4.90 Å². The number of rotatable bonds is 3. The van der Waals surface area contributed by atoms with Crippen molar-refractivity contribution in [3.05, 3.63) is 29.8 Å². The lowest BCUT2D eigenvalue weighted by Gasteiger charge is -2.38. The third-order valence-corrected chi connectivity index (χ3v) is 3.81. The van der Waals surface area contributed by atoms with Crippen LogP contribution in [0.5, 0.6) is 0 Å². The molecule has 1 fully saturated rings. The van der Waals surface area contributed by atoms with Gasteiger partial charge in [-0.3, -0.25) is 4.90 Å². The van der Waals surface area contributed by atoms with Gasteiger partial charge in [0.1, 0.15) is 0 Å². The van der Waals surface area contributed by atoms with Crippen molar-refractivity contribution in [3.8, 4) is 0 Å². The maximum Gasteiger partial charge on any atom is 0.0494 e. The lowest BCUT2D eigenvalue weighted by Crippen LogP contribution is -2.49. The molecule has 1 heterocycles. The van der Waals surface area contributed by atoms with E-state index in [1.165, 1.54) is 11.3 Å². The maximum absolute atomic E-state index is 5.99. The predicted molar refractivity (Wildman–Crippen MR) is 74.9 cm³/mol. The first kappa shape index (κ1) is 12.7. The average Bonchev–Trinajstić information content (AvgIpc) is 2.39. The molecular formula is C14H21ClN2. The van der Waals surface area contributed by atoms with Crippen LogP contribution in [-0.4, -0.2) is 37.1 Å². The van der Waals surface area contributed by atoms with Crippen LogP contribution in [0.25, 0.3) is 0 Å². The number of nitrogens with zero attached hydrogens (tertiary/aromatic N) is 2. The fraction of sp³-hybridized carbons (Fsp3) is 0.571. The minimum absolute atomic E-state index is 0.598. The second kappa shape index (κ2) is 5.74. The van der Waals surface area contributed by atoms with Crippen LogP contribution in [0.15, 0.2) is 24.3 Å². The molecule has 0 aliphatic carbocycles. The summed E-state index contributed by atoms with van der Waals surface area (Å²) in [5.74, 6) is 0.598. The van der Waals surface area contributed by atoms with Gasteiger partial charge in [0.25, 0.3) is 0 Å². The molecule has 3 heteroatoms. The molecule has 0 spiro atoms. The summed E-state index contributed by atoms with van der Waals surface area (Å²) in [7, 11) is 0. The van der Waals surface area contributed by atoms with Crippen molar-refractivity contribution in [2.75, 3.05) is 31.1 Å². The van der Waals surface area contributed by atoms with Crippen molar-refractivity contribution in [2.45, 2.75) is 25.8 Å². The molecular weight excluding hydrogens is 232 g/mol. The second-order valence-electron chi connectivity index (χ2n) is 4.88. The predicted octanol–water partition coefficient (Wildman–Crippen LogP) is 2.96. The van der Waals surface area contributed by atoms with E-state index >= 15 is 0 Å². The fourth-order valence-corrected chi connectivity index (χ4v) is 2.64. The van der Waals surface area contributed by atoms with Crippen molar-refractivity contribution >= 4 is 17.3 Å². The summed E-state index contributed by atoms with van der Waals surface area (Å²) in [6.45, 7) is 9.03. The quantitative estimate of drug-likeness (QED) is 0.764. The zero-order valence-corrected chi connectivity index (χ0v) is 11.5. The number of alkyl halides is 1. The Morgan fingerprint density at radius 3 is 2.35 bits per heavy atom. The van der Waals surface area contributed by atoms with Crippen molar-refractivity contribution in [3.63, 3.8) is 0 Å². The summed E-state index contributed by atoms with van der Waals surface area (Å²) in [5.41, 5.74) is 2.55. The summed E-state index contributed by atoms with van der Waals surface area (Å²) in [6.07, 6.45) is 0. The number of hydrogen-bond acceptors (Lipinski definition) is 2. The van der Waals surface area contributed by atoms with Crippen molar-refractivity contribution in [1.29, 1.82) is 0 Å². The van der Waals surface area contributed by atoms with Crippen LogP contribution in [0, 0.1) is 0 Å². The number of halogens is 1. The van der Waals surface area contributed by atoms with Crippen molar-refractivity contribution in [1.82, 2.24) is 4.90 Å². The van der Waals surface area contributed by atoms with E-state index in [0.29, 0.717) is 11.9 Å². The molecule has 2 nitrogen and oxygen atoms in total. The van der Waals surface area contributed by atoms with Gasteiger partial charge in [0.2, 0.25) is 0 Å². The molecule has 2 rings (SSSR count). The first-order valence-electron chi connectivity index (χ1n) is 6.35. The van der Waals surface area contributed by atoms with Crippen LogP contribution in [0.2, 0.25) is 0 Å². The van der Waals surface area contributed by atoms with E-state index in [1.54, 1.807) is 0 Å². The van der Waals surface area contributed by atoms with Crippen molar-refractivity contribution < 1.29 is 0 Å². The zero-order valence-electron chi connectivity index (χ0n) is 10.7. The molecule has 94 valence electrons. The van der Waals surface area contributed by atoms with E-state index in [9.17, 15) is 0 Å². The highest BCUT2D eigenvalue weighted by molar-refractivity contribution is 6.17. The van der Waals surface area contributed by atoms with E-state index in [4.69, 9.17) is 11.6 Å². The Morgan fingerprint density at radius 2 is 1.76 bits per heavy atom. The molecule has 0 amide bonds. The fourth-order valence-electron chi connectivity index (χ4n) is 2.41. The number of anilines is 1. The highest BCUT2D eigenvalue weighted by Gasteiger charge is 2.20. The Kier molecular flexibility index (Phi) is 4.30. The van der Waals surface area contributed by atoms with E-state index < -0.39 is 0 Å². The summed E-state index contributed by atoms with van der Waals surface area (Å²) >= 11 is 5.99. The molecule has 0 atom stereocenters. The summed E-state index contributed by atoms with van der Waals surface area (Å²) in [4.78, 5) is 4.98. The molecule has 17 heavy (non-hydrogen) atoms. The molecule has 0 aromatic heterocycles. The Morgan fingerprint density at radius 1 is 1.12 bits per heavy atom. The van der Waals surface area contributed by atoms with Gasteiger partial charge in [0, 0.05) is 43.8 Å². The van der Waals surface area contributed by atoms with Crippen LogP contribution >= 0.6 is 11.6 Å². The molecule has 0 radical (unpaired) electrons. The molecule has 0 unspecified atom stereocenters. The minimum atomic E-state index is 0.598. The molecule has 0 saturated carbocycles. The van der Waals surface area contributed by atoms with Gasteiger partial charge < -0.3 is 4.90 Å². The first-order valence-corrected chi connectivity index (χ1v) is 6.88. The number of piperazine rings is 1. The van der Waals surface area contributed by atoms with E-state index in [2.05, 4.69) is 47.9 Å². The summed E-state index contributed by atoms with van der Waals surface area (Å²) < 4.78 is 0. The lowest BCUT2D eigenvalue weighted by atomic mass is 10.1. The van der Waals surface area contributed by atoms with E-state index in [1.807, 2.05) is 0 Å². The van der Waals surface area contributed by atoms with Gasteiger partial charge in [0.15, 0.2) is 0 Å². The number of hydrogen-bond donors (Lipinski definition) is 0. The van der Waals surface area contributed by atoms with Gasteiger partial charge in [-0.15, -0.1) is 11.6 Å². The van der Waals surface area contributed by atoms with Crippen LogP contribution in [0.4, 0.5) is 5.69 Å². The SMILES string of the molecule is CC(C)N1CCN(c2ccccc2CCl)CC1. The van der Waals surface area contributed by atoms with Gasteiger partial charge in [-0.2, -0.15) is 0 Å². The Labute approximate surface area is 109 Å². The largest absolute Gasteiger partial charge is 0.369 e. The third-order valence-electron chi connectivity index (χ3n) is 3.52. The van der Waals surface area contributed by atoms with Crippen LogP contribution in [0.1, 0.15) is 19.4 Å². The van der Waals surface area contributed by atoms with Crippen molar-refractivity contribution in [2.24, 2.45) is 0 Å². The zero-order chi connectivity index (χ0) is 12.3.